The lowest BCUT2D eigenvalue weighted by Gasteiger charge is -2.16. The van der Waals surface area contributed by atoms with Crippen molar-refractivity contribution in [3.8, 4) is 0 Å². The van der Waals surface area contributed by atoms with Gasteiger partial charge in [-0.05, 0) is 74.4 Å². The quantitative estimate of drug-likeness (QED) is 0.498. The summed E-state index contributed by atoms with van der Waals surface area (Å²) in [4.78, 5) is 0. The van der Waals surface area contributed by atoms with Gasteiger partial charge in [0.05, 0.1) is 6.10 Å². The fourth-order valence-electron chi connectivity index (χ4n) is 2.15. The largest absolute Gasteiger partial charge is 0.376 e. The van der Waals surface area contributed by atoms with Gasteiger partial charge < -0.3 is 15.4 Å². The van der Waals surface area contributed by atoms with E-state index in [4.69, 9.17) is 29.2 Å². The highest BCUT2D eigenvalue weighted by atomic mass is 32.1. The maximum absolute atomic E-state index is 5.52. The van der Waals surface area contributed by atoms with Crippen molar-refractivity contribution in [2.24, 2.45) is 0 Å². The number of thiocarbonyl (C=S) groups is 2. The van der Waals surface area contributed by atoms with E-state index in [1.165, 1.54) is 11.1 Å². The Morgan fingerprint density at radius 2 is 1.95 bits per heavy atom. The molecule has 0 spiro atoms. The molecule has 0 radical (unpaired) electrons. The molecule has 1 aromatic rings. The number of nitrogens with one attached hydrogen (secondary N) is 4. The summed E-state index contributed by atoms with van der Waals surface area (Å²) >= 11 is 10.4. The van der Waals surface area contributed by atoms with E-state index in [0.717, 1.165) is 25.1 Å². The minimum absolute atomic E-state index is 0.250. The third kappa shape index (κ3) is 5.40. The molecular weight excluding hydrogens is 316 g/mol. The number of aryl methyl sites for hydroxylation is 2. The van der Waals surface area contributed by atoms with Crippen LogP contribution in [-0.4, -0.2) is 29.5 Å². The zero-order valence-electron chi connectivity index (χ0n) is 12.9. The normalized spacial score (nSPS) is 16.9. The first kappa shape index (κ1) is 16.9. The Morgan fingerprint density at radius 3 is 2.64 bits per heavy atom. The van der Waals surface area contributed by atoms with Crippen LogP contribution in [-0.2, 0) is 4.74 Å². The maximum atomic E-state index is 5.52. The molecular formula is C15H22N4OS2. The molecule has 0 aliphatic carbocycles. The molecule has 0 amide bonds. The van der Waals surface area contributed by atoms with Crippen LogP contribution in [0, 0.1) is 13.8 Å². The highest BCUT2D eigenvalue weighted by Crippen LogP contribution is 2.13. The molecule has 120 valence electrons. The Balaban J connectivity index is 1.68. The second-order valence-electron chi connectivity index (χ2n) is 5.35. The van der Waals surface area contributed by atoms with E-state index in [0.29, 0.717) is 16.8 Å². The van der Waals surface area contributed by atoms with Gasteiger partial charge in [-0.15, -0.1) is 0 Å². The third-order valence-electron chi connectivity index (χ3n) is 3.57. The summed E-state index contributed by atoms with van der Waals surface area (Å²) in [5.41, 5.74) is 9.14. The number of anilines is 1. The number of benzene rings is 1. The van der Waals surface area contributed by atoms with Gasteiger partial charge in [-0.1, -0.05) is 6.07 Å². The zero-order valence-corrected chi connectivity index (χ0v) is 14.5. The molecule has 2 rings (SSSR count). The van der Waals surface area contributed by atoms with Gasteiger partial charge in [-0.2, -0.15) is 0 Å². The van der Waals surface area contributed by atoms with E-state index < -0.39 is 0 Å². The molecule has 1 aliphatic heterocycles. The van der Waals surface area contributed by atoms with Gasteiger partial charge in [0.2, 0.25) is 0 Å². The van der Waals surface area contributed by atoms with Gasteiger partial charge in [0, 0.05) is 18.8 Å². The molecule has 7 heteroatoms. The lowest BCUT2D eigenvalue weighted by Crippen LogP contribution is -2.49. The van der Waals surface area contributed by atoms with E-state index in [2.05, 4.69) is 47.5 Å². The minimum atomic E-state index is 0.250. The smallest absolute Gasteiger partial charge is 0.189 e. The van der Waals surface area contributed by atoms with Crippen molar-refractivity contribution in [1.82, 2.24) is 16.2 Å². The molecule has 0 aromatic heterocycles. The summed E-state index contributed by atoms with van der Waals surface area (Å²) in [6.45, 7) is 5.70. The summed E-state index contributed by atoms with van der Waals surface area (Å²) in [5, 5.41) is 7.18. The van der Waals surface area contributed by atoms with Crippen molar-refractivity contribution in [3.05, 3.63) is 29.3 Å². The molecule has 22 heavy (non-hydrogen) atoms. The van der Waals surface area contributed by atoms with Gasteiger partial charge in [-0.25, -0.2) is 0 Å². The fourth-order valence-corrected chi connectivity index (χ4v) is 2.45. The Kier molecular flexibility index (Phi) is 6.35. The SMILES string of the molecule is Cc1ccc(NC(=S)NNC(=S)NC[C@@H]2CCCO2)cc1C. The van der Waals surface area contributed by atoms with Crippen molar-refractivity contribution < 1.29 is 4.74 Å². The Hall–Kier alpha value is -1.44. The molecule has 1 aromatic carbocycles. The Labute approximate surface area is 142 Å². The van der Waals surface area contributed by atoms with E-state index in [1.807, 2.05) is 6.07 Å². The van der Waals surface area contributed by atoms with Crippen LogP contribution in [0.2, 0.25) is 0 Å². The third-order valence-corrected chi connectivity index (χ3v) is 4.02. The van der Waals surface area contributed by atoms with Crippen LogP contribution in [0.3, 0.4) is 0 Å². The highest BCUT2D eigenvalue weighted by Gasteiger charge is 2.15. The summed E-state index contributed by atoms with van der Waals surface area (Å²) in [6.07, 6.45) is 2.45. The molecule has 4 N–H and O–H groups in total. The predicted octanol–water partition coefficient (Wildman–Crippen LogP) is 2.15. The van der Waals surface area contributed by atoms with Gasteiger partial charge in [0.15, 0.2) is 10.2 Å². The second kappa shape index (κ2) is 8.26. The average Bonchev–Trinajstić information content (AvgIpc) is 3.00. The summed E-state index contributed by atoms with van der Waals surface area (Å²) in [6, 6.07) is 6.10. The van der Waals surface area contributed by atoms with Crippen LogP contribution in [0.25, 0.3) is 0 Å². The summed E-state index contributed by atoms with van der Waals surface area (Å²) in [5.74, 6) is 0. The Morgan fingerprint density at radius 1 is 1.18 bits per heavy atom. The van der Waals surface area contributed by atoms with Crippen LogP contribution in [0.4, 0.5) is 5.69 Å². The summed E-state index contributed by atoms with van der Waals surface area (Å²) in [7, 11) is 0. The molecule has 1 heterocycles. The van der Waals surface area contributed by atoms with Gasteiger partial charge in [-0.3, -0.25) is 10.9 Å². The van der Waals surface area contributed by atoms with Gasteiger partial charge in [0.1, 0.15) is 0 Å². The van der Waals surface area contributed by atoms with Crippen LogP contribution in [0.5, 0.6) is 0 Å². The van der Waals surface area contributed by atoms with Crippen molar-refractivity contribution in [3.63, 3.8) is 0 Å². The molecule has 1 atom stereocenters. The number of ether oxygens (including phenoxy) is 1. The lowest BCUT2D eigenvalue weighted by atomic mass is 10.1. The van der Waals surface area contributed by atoms with Crippen molar-refractivity contribution in [1.29, 1.82) is 0 Å². The topological polar surface area (TPSA) is 57.3 Å². The first-order valence-corrected chi connectivity index (χ1v) is 8.16. The molecule has 1 fully saturated rings. The van der Waals surface area contributed by atoms with E-state index in [1.54, 1.807) is 0 Å². The van der Waals surface area contributed by atoms with Crippen LogP contribution in [0.15, 0.2) is 18.2 Å². The first-order valence-electron chi connectivity index (χ1n) is 7.34. The van der Waals surface area contributed by atoms with Crippen molar-refractivity contribution in [2.45, 2.75) is 32.8 Å². The molecule has 0 unspecified atom stereocenters. The second-order valence-corrected chi connectivity index (χ2v) is 6.16. The number of hydrogen-bond donors (Lipinski definition) is 4. The van der Waals surface area contributed by atoms with E-state index >= 15 is 0 Å². The number of rotatable bonds is 3. The molecule has 1 saturated heterocycles. The first-order chi connectivity index (χ1) is 10.5. The van der Waals surface area contributed by atoms with Crippen LogP contribution >= 0.6 is 24.4 Å². The average molecular weight is 339 g/mol. The predicted molar refractivity (Wildman–Crippen MR) is 98.0 cm³/mol. The minimum Gasteiger partial charge on any atom is -0.376 e. The standard InChI is InChI=1S/C15H22N4OS2/c1-10-5-6-12(8-11(10)2)17-15(22)19-18-14(21)16-9-13-4-3-7-20-13/h5-6,8,13H,3-4,7,9H2,1-2H3,(H2,16,18,21)(H2,17,19,22)/t13-/m0/s1. The van der Waals surface area contributed by atoms with Crippen molar-refractivity contribution >= 4 is 40.3 Å². The lowest BCUT2D eigenvalue weighted by molar-refractivity contribution is 0.114. The maximum Gasteiger partial charge on any atom is 0.189 e. The van der Waals surface area contributed by atoms with Crippen LogP contribution in [0.1, 0.15) is 24.0 Å². The molecule has 0 saturated carbocycles. The number of hydrazine groups is 1. The van der Waals surface area contributed by atoms with Gasteiger partial charge in [0.25, 0.3) is 0 Å². The van der Waals surface area contributed by atoms with Crippen LogP contribution < -0.4 is 21.5 Å². The Bertz CT molecular complexity index is 544. The van der Waals surface area contributed by atoms with Gasteiger partial charge >= 0.3 is 0 Å². The van der Waals surface area contributed by atoms with E-state index in [9.17, 15) is 0 Å². The number of hydrogen-bond acceptors (Lipinski definition) is 3. The fraction of sp³-hybridized carbons (Fsp3) is 0.467. The zero-order chi connectivity index (χ0) is 15.9. The molecule has 5 nitrogen and oxygen atoms in total. The summed E-state index contributed by atoms with van der Waals surface area (Å²) < 4.78 is 5.52. The molecule has 1 aliphatic rings. The monoisotopic (exact) mass is 338 g/mol. The highest BCUT2D eigenvalue weighted by molar-refractivity contribution is 7.80. The van der Waals surface area contributed by atoms with E-state index in [-0.39, 0.29) is 6.10 Å². The van der Waals surface area contributed by atoms with Crippen molar-refractivity contribution in [2.75, 3.05) is 18.5 Å². The molecule has 0 bridgehead atoms.